The molecule has 0 radical (unpaired) electrons. The number of hydrogen-bond donors (Lipinski definition) is 2. The Morgan fingerprint density at radius 1 is 1.57 bits per heavy atom. The highest BCUT2D eigenvalue weighted by atomic mass is 16.4. The maximum Gasteiger partial charge on any atom is 0.320 e. The van der Waals surface area contributed by atoms with Gasteiger partial charge in [0.2, 0.25) is 5.91 Å². The molecule has 1 aromatic heterocycles. The maximum absolute atomic E-state index is 12.4. The number of urea groups is 1. The van der Waals surface area contributed by atoms with E-state index in [1.165, 1.54) is 22.3 Å². The summed E-state index contributed by atoms with van der Waals surface area (Å²) in [5.41, 5.74) is 0.821. The minimum atomic E-state index is -1.12. The van der Waals surface area contributed by atoms with Crippen LogP contribution in [-0.4, -0.2) is 59.0 Å². The molecule has 1 unspecified atom stereocenters. The van der Waals surface area contributed by atoms with E-state index in [0.717, 1.165) is 5.56 Å². The van der Waals surface area contributed by atoms with E-state index in [9.17, 15) is 14.4 Å². The fraction of sp³-hybridized carbons (Fsp3) is 0.462. The summed E-state index contributed by atoms with van der Waals surface area (Å²) in [5.74, 6) is -1.55. The van der Waals surface area contributed by atoms with Crippen LogP contribution in [-0.2, 0) is 16.1 Å². The summed E-state index contributed by atoms with van der Waals surface area (Å²) in [6, 6.07) is 0.384. The van der Waals surface area contributed by atoms with Crippen molar-refractivity contribution in [2.75, 3.05) is 20.1 Å². The molecule has 2 N–H and O–H groups in total. The first kappa shape index (κ1) is 14.9. The standard InChI is InChI=1S/C13H17N3O5/c1-15(7-9-2-5-21-8-9)13(20)16-4-3-14-12(19)10(16)6-11(17)18/h2,5,8,10H,3-4,6-7H2,1H3,(H,14,19)(H,17,18). The molecule has 0 spiro atoms. The molecule has 1 aliphatic heterocycles. The zero-order valence-electron chi connectivity index (χ0n) is 11.6. The molecule has 0 saturated carbocycles. The van der Waals surface area contributed by atoms with Gasteiger partial charge in [0.15, 0.2) is 0 Å². The zero-order valence-corrected chi connectivity index (χ0v) is 11.6. The summed E-state index contributed by atoms with van der Waals surface area (Å²) in [4.78, 5) is 37.8. The Labute approximate surface area is 121 Å². The topological polar surface area (TPSA) is 103 Å². The highest BCUT2D eigenvalue weighted by Gasteiger charge is 2.35. The normalized spacial score (nSPS) is 18.2. The van der Waals surface area contributed by atoms with Gasteiger partial charge >= 0.3 is 12.0 Å². The number of carbonyl (C=O) groups excluding carboxylic acids is 2. The van der Waals surface area contributed by atoms with Gasteiger partial charge < -0.3 is 24.6 Å². The van der Waals surface area contributed by atoms with Crippen LogP contribution in [0.25, 0.3) is 0 Å². The maximum atomic E-state index is 12.4. The fourth-order valence-corrected chi connectivity index (χ4v) is 2.26. The molecule has 1 fully saturated rings. The predicted octanol–water partition coefficient (Wildman–Crippen LogP) is 0.107. The van der Waals surface area contributed by atoms with Crippen LogP contribution in [0.15, 0.2) is 23.0 Å². The molecule has 0 aromatic carbocycles. The van der Waals surface area contributed by atoms with Crippen LogP contribution in [0.4, 0.5) is 4.79 Å². The van der Waals surface area contributed by atoms with Gasteiger partial charge in [0, 0.05) is 25.7 Å². The predicted molar refractivity (Wildman–Crippen MR) is 71.3 cm³/mol. The number of furan rings is 1. The van der Waals surface area contributed by atoms with E-state index < -0.39 is 24.3 Å². The van der Waals surface area contributed by atoms with Gasteiger partial charge in [-0.05, 0) is 6.07 Å². The highest BCUT2D eigenvalue weighted by Crippen LogP contribution is 2.13. The van der Waals surface area contributed by atoms with Gasteiger partial charge in [0.1, 0.15) is 6.04 Å². The van der Waals surface area contributed by atoms with Crippen LogP contribution >= 0.6 is 0 Å². The average Bonchev–Trinajstić information content (AvgIpc) is 2.92. The lowest BCUT2D eigenvalue weighted by molar-refractivity contribution is -0.142. The van der Waals surface area contributed by atoms with Crippen molar-refractivity contribution < 1.29 is 23.9 Å². The monoisotopic (exact) mass is 295 g/mol. The number of carboxylic acids is 1. The average molecular weight is 295 g/mol. The third-order valence-electron chi connectivity index (χ3n) is 3.27. The van der Waals surface area contributed by atoms with Crippen LogP contribution < -0.4 is 5.32 Å². The molecular weight excluding hydrogens is 278 g/mol. The summed E-state index contributed by atoms with van der Waals surface area (Å²) in [6.07, 6.45) is 2.63. The Balaban J connectivity index is 2.07. The number of piperazine rings is 1. The smallest absolute Gasteiger partial charge is 0.320 e. The van der Waals surface area contributed by atoms with Crippen molar-refractivity contribution in [1.82, 2.24) is 15.1 Å². The summed E-state index contributed by atoms with van der Waals surface area (Å²) >= 11 is 0. The van der Waals surface area contributed by atoms with Gasteiger partial charge in [0.05, 0.1) is 25.5 Å². The minimum absolute atomic E-state index is 0.290. The number of amides is 3. The van der Waals surface area contributed by atoms with Crippen molar-refractivity contribution in [3.8, 4) is 0 Å². The quantitative estimate of drug-likeness (QED) is 0.820. The van der Waals surface area contributed by atoms with E-state index in [-0.39, 0.29) is 12.6 Å². The largest absolute Gasteiger partial charge is 0.481 e. The molecule has 1 aliphatic rings. The van der Waals surface area contributed by atoms with Crippen molar-refractivity contribution in [3.05, 3.63) is 24.2 Å². The van der Waals surface area contributed by atoms with E-state index >= 15 is 0 Å². The van der Waals surface area contributed by atoms with Crippen molar-refractivity contribution in [1.29, 1.82) is 0 Å². The van der Waals surface area contributed by atoms with Gasteiger partial charge in [-0.15, -0.1) is 0 Å². The Bertz CT molecular complexity index is 528. The van der Waals surface area contributed by atoms with E-state index in [2.05, 4.69) is 5.32 Å². The summed E-state index contributed by atoms with van der Waals surface area (Å²) in [5, 5.41) is 11.5. The van der Waals surface area contributed by atoms with E-state index in [1.54, 1.807) is 13.1 Å². The highest BCUT2D eigenvalue weighted by molar-refractivity contribution is 5.91. The first-order valence-electron chi connectivity index (χ1n) is 6.51. The third kappa shape index (κ3) is 3.53. The van der Waals surface area contributed by atoms with Gasteiger partial charge in [-0.3, -0.25) is 9.59 Å². The summed E-state index contributed by atoms with van der Waals surface area (Å²) in [7, 11) is 1.60. The molecule has 1 aromatic rings. The van der Waals surface area contributed by atoms with Crippen LogP contribution in [0.3, 0.4) is 0 Å². The molecular formula is C13H17N3O5. The van der Waals surface area contributed by atoms with Crippen LogP contribution in [0.2, 0.25) is 0 Å². The Hall–Kier alpha value is -2.51. The second-order valence-electron chi connectivity index (χ2n) is 4.87. The summed E-state index contributed by atoms with van der Waals surface area (Å²) in [6.45, 7) is 0.936. The third-order valence-corrected chi connectivity index (χ3v) is 3.27. The second kappa shape index (κ2) is 6.29. The zero-order chi connectivity index (χ0) is 15.4. The number of nitrogens with one attached hydrogen (secondary N) is 1. The molecule has 114 valence electrons. The van der Waals surface area contributed by atoms with Gasteiger partial charge in [-0.25, -0.2) is 4.79 Å². The molecule has 3 amide bonds. The molecule has 0 bridgehead atoms. The lowest BCUT2D eigenvalue weighted by Crippen LogP contribution is -2.59. The molecule has 21 heavy (non-hydrogen) atoms. The molecule has 0 aliphatic carbocycles. The molecule has 2 heterocycles. The van der Waals surface area contributed by atoms with Gasteiger partial charge in [-0.1, -0.05) is 0 Å². The number of carbonyl (C=O) groups is 3. The lowest BCUT2D eigenvalue weighted by atomic mass is 10.1. The van der Waals surface area contributed by atoms with Crippen LogP contribution in [0, 0.1) is 0 Å². The van der Waals surface area contributed by atoms with Gasteiger partial charge in [0.25, 0.3) is 0 Å². The fourth-order valence-electron chi connectivity index (χ4n) is 2.26. The lowest BCUT2D eigenvalue weighted by Gasteiger charge is -2.36. The van der Waals surface area contributed by atoms with E-state index in [0.29, 0.717) is 13.1 Å². The van der Waals surface area contributed by atoms with Crippen molar-refractivity contribution in [2.45, 2.75) is 19.0 Å². The number of nitrogens with zero attached hydrogens (tertiary/aromatic N) is 2. The number of hydrogen-bond acceptors (Lipinski definition) is 4. The second-order valence-corrected chi connectivity index (χ2v) is 4.87. The number of carboxylic acid groups (broad SMARTS) is 1. The van der Waals surface area contributed by atoms with Crippen molar-refractivity contribution in [3.63, 3.8) is 0 Å². The molecule has 8 nitrogen and oxygen atoms in total. The molecule has 8 heteroatoms. The van der Waals surface area contributed by atoms with Crippen LogP contribution in [0.5, 0.6) is 0 Å². The Morgan fingerprint density at radius 3 is 2.95 bits per heavy atom. The summed E-state index contributed by atoms with van der Waals surface area (Å²) < 4.78 is 4.94. The van der Waals surface area contributed by atoms with Crippen molar-refractivity contribution in [2.24, 2.45) is 0 Å². The number of rotatable bonds is 4. The molecule has 1 saturated heterocycles. The first-order valence-corrected chi connectivity index (χ1v) is 6.51. The first-order chi connectivity index (χ1) is 9.99. The van der Waals surface area contributed by atoms with Crippen molar-refractivity contribution >= 4 is 17.9 Å². The molecule has 1 atom stereocenters. The van der Waals surface area contributed by atoms with E-state index in [1.807, 2.05) is 0 Å². The Morgan fingerprint density at radius 2 is 2.33 bits per heavy atom. The Kier molecular flexibility index (Phi) is 4.46. The van der Waals surface area contributed by atoms with Crippen LogP contribution in [0.1, 0.15) is 12.0 Å². The van der Waals surface area contributed by atoms with Gasteiger partial charge in [-0.2, -0.15) is 0 Å². The number of aliphatic carboxylic acids is 1. The van der Waals surface area contributed by atoms with E-state index in [4.69, 9.17) is 9.52 Å². The SMILES string of the molecule is CN(Cc1ccoc1)C(=O)N1CCNC(=O)C1CC(=O)O. The molecule has 2 rings (SSSR count). The minimum Gasteiger partial charge on any atom is -0.481 e.